The highest BCUT2D eigenvalue weighted by Gasteiger charge is 2.28. The van der Waals surface area contributed by atoms with Gasteiger partial charge < -0.3 is 5.73 Å². The Bertz CT molecular complexity index is 424. The molecule has 0 bridgehead atoms. The SMILES string of the molecule is CC(C)(C)N1CCC(n2cc(C(N)=O)cn2)CC1. The van der Waals surface area contributed by atoms with Gasteiger partial charge in [0.15, 0.2) is 0 Å². The molecule has 1 aliphatic rings. The third-order valence-corrected chi connectivity index (χ3v) is 3.67. The molecule has 2 heterocycles. The van der Waals surface area contributed by atoms with Gasteiger partial charge in [-0.15, -0.1) is 0 Å². The van der Waals surface area contributed by atoms with E-state index in [1.54, 1.807) is 12.4 Å². The minimum atomic E-state index is -0.409. The predicted octanol–water partition coefficient (Wildman–Crippen LogP) is 1.42. The summed E-state index contributed by atoms with van der Waals surface area (Å²) in [6.45, 7) is 8.87. The van der Waals surface area contributed by atoms with Gasteiger partial charge in [0, 0.05) is 24.8 Å². The normalized spacial score (nSPS) is 19.1. The number of nitrogens with zero attached hydrogens (tertiary/aromatic N) is 3. The fourth-order valence-corrected chi connectivity index (χ4v) is 2.47. The third-order valence-electron chi connectivity index (χ3n) is 3.67. The molecule has 1 saturated heterocycles. The Kier molecular flexibility index (Phi) is 3.43. The average Bonchev–Trinajstić information content (AvgIpc) is 2.77. The Hall–Kier alpha value is -1.36. The van der Waals surface area contributed by atoms with Crippen LogP contribution >= 0.6 is 0 Å². The van der Waals surface area contributed by atoms with E-state index in [-0.39, 0.29) is 5.54 Å². The third kappa shape index (κ3) is 2.72. The first-order chi connectivity index (χ1) is 8.38. The maximum atomic E-state index is 11.0. The highest BCUT2D eigenvalue weighted by atomic mass is 16.1. The van der Waals surface area contributed by atoms with Crippen LogP contribution in [0.15, 0.2) is 12.4 Å². The number of carbonyl (C=O) groups excluding carboxylic acids is 1. The van der Waals surface area contributed by atoms with Gasteiger partial charge in [-0.3, -0.25) is 14.4 Å². The van der Waals surface area contributed by atoms with E-state index in [0.717, 1.165) is 25.9 Å². The van der Waals surface area contributed by atoms with Crippen molar-refractivity contribution in [3.8, 4) is 0 Å². The first-order valence-corrected chi connectivity index (χ1v) is 6.47. The van der Waals surface area contributed by atoms with Crippen LogP contribution in [0.25, 0.3) is 0 Å². The first kappa shape index (κ1) is 13.1. The fourth-order valence-electron chi connectivity index (χ4n) is 2.47. The molecular formula is C13H22N4O. The maximum absolute atomic E-state index is 11.0. The largest absolute Gasteiger partial charge is 0.366 e. The van der Waals surface area contributed by atoms with Crippen LogP contribution in [0.3, 0.4) is 0 Å². The zero-order valence-electron chi connectivity index (χ0n) is 11.4. The van der Waals surface area contributed by atoms with Gasteiger partial charge in [0.2, 0.25) is 0 Å². The van der Waals surface area contributed by atoms with E-state index in [2.05, 4.69) is 30.8 Å². The standard InChI is InChI=1S/C13H22N4O/c1-13(2,3)16-6-4-11(5-7-16)17-9-10(8-15-17)12(14)18/h8-9,11H,4-7H2,1-3H3,(H2,14,18). The van der Waals surface area contributed by atoms with E-state index in [1.807, 2.05) is 4.68 Å². The van der Waals surface area contributed by atoms with Crippen molar-refractivity contribution < 1.29 is 4.79 Å². The molecule has 5 heteroatoms. The summed E-state index contributed by atoms with van der Waals surface area (Å²) in [6, 6.07) is 0.386. The molecule has 0 atom stereocenters. The molecule has 1 aromatic heterocycles. The minimum Gasteiger partial charge on any atom is -0.366 e. The molecule has 5 nitrogen and oxygen atoms in total. The number of hydrogen-bond donors (Lipinski definition) is 1. The van der Waals surface area contributed by atoms with Crippen LogP contribution in [-0.2, 0) is 0 Å². The van der Waals surface area contributed by atoms with Gasteiger partial charge in [-0.25, -0.2) is 0 Å². The molecule has 0 aliphatic carbocycles. The number of primary amides is 1. The highest BCUT2D eigenvalue weighted by molar-refractivity contribution is 5.92. The van der Waals surface area contributed by atoms with Crippen molar-refractivity contribution in [2.45, 2.75) is 45.2 Å². The lowest BCUT2D eigenvalue weighted by molar-refractivity contribution is 0.0870. The van der Waals surface area contributed by atoms with Crippen LogP contribution in [0.2, 0.25) is 0 Å². The molecule has 100 valence electrons. The van der Waals surface area contributed by atoms with E-state index in [9.17, 15) is 4.79 Å². The fraction of sp³-hybridized carbons (Fsp3) is 0.692. The van der Waals surface area contributed by atoms with Crippen LogP contribution in [-0.4, -0.2) is 39.2 Å². The molecule has 0 radical (unpaired) electrons. The number of likely N-dealkylation sites (tertiary alicyclic amines) is 1. The lowest BCUT2D eigenvalue weighted by Gasteiger charge is -2.40. The van der Waals surface area contributed by atoms with E-state index in [0.29, 0.717) is 11.6 Å². The zero-order valence-corrected chi connectivity index (χ0v) is 11.4. The number of amides is 1. The van der Waals surface area contributed by atoms with Crippen LogP contribution in [0.4, 0.5) is 0 Å². The highest BCUT2D eigenvalue weighted by Crippen LogP contribution is 2.26. The second kappa shape index (κ2) is 4.72. The minimum absolute atomic E-state index is 0.230. The Balaban J connectivity index is 1.99. The molecule has 1 aromatic rings. The molecule has 0 spiro atoms. The number of nitrogens with two attached hydrogens (primary N) is 1. The molecular weight excluding hydrogens is 228 g/mol. The van der Waals surface area contributed by atoms with E-state index in [1.165, 1.54) is 0 Å². The van der Waals surface area contributed by atoms with Crippen molar-refractivity contribution in [2.24, 2.45) is 5.73 Å². The van der Waals surface area contributed by atoms with Crippen molar-refractivity contribution in [3.05, 3.63) is 18.0 Å². The van der Waals surface area contributed by atoms with Gasteiger partial charge in [-0.1, -0.05) is 0 Å². The Labute approximate surface area is 108 Å². The second-order valence-corrected chi connectivity index (χ2v) is 5.96. The molecule has 0 aromatic carbocycles. The smallest absolute Gasteiger partial charge is 0.251 e. The van der Waals surface area contributed by atoms with Crippen molar-refractivity contribution >= 4 is 5.91 Å². The number of carbonyl (C=O) groups is 1. The zero-order chi connectivity index (χ0) is 13.3. The van der Waals surface area contributed by atoms with E-state index in [4.69, 9.17) is 5.73 Å². The van der Waals surface area contributed by atoms with E-state index >= 15 is 0 Å². The summed E-state index contributed by atoms with van der Waals surface area (Å²) in [6.07, 6.45) is 5.45. The quantitative estimate of drug-likeness (QED) is 0.863. The summed E-state index contributed by atoms with van der Waals surface area (Å²) in [5, 5.41) is 4.25. The Morgan fingerprint density at radius 2 is 2.00 bits per heavy atom. The van der Waals surface area contributed by atoms with Crippen molar-refractivity contribution in [2.75, 3.05) is 13.1 Å². The van der Waals surface area contributed by atoms with Gasteiger partial charge >= 0.3 is 0 Å². The summed E-state index contributed by atoms with van der Waals surface area (Å²) in [4.78, 5) is 13.5. The average molecular weight is 250 g/mol. The summed E-state index contributed by atoms with van der Waals surface area (Å²) in [5.41, 5.74) is 5.96. The van der Waals surface area contributed by atoms with Crippen molar-refractivity contribution in [1.82, 2.24) is 14.7 Å². The first-order valence-electron chi connectivity index (χ1n) is 6.47. The van der Waals surface area contributed by atoms with Gasteiger partial charge in [0.25, 0.3) is 5.91 Å². The summed E-state index contributed by atoms with van der Waals surface area (Å²) in [5.74, 6) is -0.409. The monoisotopic (exact) mass is 250 g/mol. The topological polar surface area (TPSA) is 64.2 Å². The number of hydrogen-bond acceptors (Lipinski definition) is 3. The molecule has 1 aliphatic heterocycles. The van der Waals surface area contributed by atoms with Crippen LogP contribution in [0, 0.1) is 0 Å². The second-order valence-electron chi connectivity index (χ2n) is 5.96. The maximum Gasteiger partial charge on any atom is 0.251 e. The summed E-state index contributed by atoms with van der Waals surface area (Å²) < 4.78 is 1.89. The van der Waals surface area contributed by atoms with Crippen molar-refractivity contribution in [1.29, 1.82) is 0 Å². The molecule has 0 unspecified atom stereocenters. The molecule has 18 heavy (non-hydrogen) atoms. The lowest BCUT2D eigenvalue weighted by Crippen LogP contribution is -2.46. The van der Waals surface area contributed by atoms with Crippen LogP contribution in [0.5, 0.6) is 0 Å². The molecule has 2 N–H and O–H groups in total. The molecule has 2 rings (SSSR count). The number of aromatic nitrogens is 2. The summed E-state index contributed by atoms with van der Waals surface area (Å²) >= 11 is 0. The van der Waals surface area contributed by atoms with Crippen molar-refractivity contribution in [3.63, 3.8) is 0 Å². The van der Waals surface area contributed by atoms with E-state index < -0.39 is 5.91 Å². The van der Waals surface area contributed by atoms with Gasteiger partial charge in [0.05, 0.1) is 17.8 Å². The predicted molar refractivity (Wildman–Crippen MR) is 70.3 cm³/mol. The molecule has 1 amide bonds. The number of rotatable bonds is 2. The Morgan fingerprint density at radius 1 is 1.39 bits per heavy atom. The number of piperidine rings is 1. The van der Waals surface area contributed by atoms with Gasteiger partial charge in [-0.2, -0.15) is 5.10 Å². The summed E-state index contributed by atoms with van der Waals surface area (Å²) in [7, 11) is 0. The van der Waals surface area contributed by atoms with Crippen LogP contribution < -0.4 is 5.73 Å². The van der Waals surface area contributed by atoms with Gasteiger partial charge in [-0.05, 0) is 33.6 Å². The Morgan fingerprint density at radius 3 is 2.44 bits per heavy atom. The molecule has 0 saturated carbocycles. The molecule has 1 fully saturated rings. The lowest BCUT2D eigenvalue weighted by atomic mass is 9.98. The van der Waals surface area contributed by atoms with Gasteiger partial charge in [0.1, 0.15) is 0 Å². The van der Waals surface area contributed by atoms with Crippen LogP contribution in [0.1, 0.15) is 50.0 Å².